The number of aromatic nitrogens is 2. The van der Waals surface area contributed by atoms with Gasteiger partial charge >= 0.3 is 0 Å². The number of hydrogen-bond acceptors (Lipinski definition) is 5. The van der Waals surface area contributed by atoms with Gasteiger partial charge in [-0.05, 0) is 19.9 Å². The standard InChI is InChI=1S/C13H14N4O3/c1-8(2)3-4-14-11-6-10-9(5-12(11)17(19)20)13(18)16-7-15-10/h3,5-7,14H,4H2,1-2H3,(H,15,16,18). The zero-order valence-corrected chi connectivity index (χ0v) is 11.1. The van der Waals surface area contributed by atoms with Gasteiger partial charge in [0.05, 0.1) is 22.2 Å². The number of nitrogens with one attached hydrogen (secondary N) is 2. The normalized spacial score (nSPS) is 10.3. The number of H-pyrrole nitrogens is 1. The van der Waals surface area contributed by atoms with E-state index in [1.165, 1.54) is 18.5 Å². The second-order valence-corrected chi connectivity index (χ2v) is 4.54. The maximum Gasteiger partial charge on any atom is 0.293 e. The number of nitro benzene ring substituents is 1. The van der Waals surface area contributed by atoms with Crippen LogP contribution in [0.1, 0.15) is 13.8 Å². The van der Waals surface area contributed by atoms with Crippen LogP contribution in [0.4, 0.5) is 11.4 Å². The van der Waals surface area contributed by atoms with Crippen LogP contribution in [-0.2, 0) is 0 Å². The SMILES string of the molecule is CC(C)=CCNc1cc2nc[nH]c(=O)c2cc1[N+](=O)[O-]. The maximum atomic E-state index is 11.6. The van der Waals surface area contributed by atoms with Crippen LogP contribution in [0.25, 0.3) is 10.9 Å². The number of benzene rings is 1. The van der Waals surface area contributed by atoms with Crippen LogP contribution in [0.15, 0.2) is 34.9 Å². The van der Waals surface area contributed by atoms with E-state index in [2.05, 4.69) is 15.3 Å². The molecule has 0 unspecified atom stereocenters. The molecule has 2 rings (SSSR count). The molecule has 0 fully saturated rings. The minimum absolute atomic E-state index is 0.141. The summed E-state index contributed by atoms with van der Waals surface area (Å²) in [5, 5.41) is 14.3. The summed E-state index contributed by atoms with van der Waals surface area (Å²) in [6.45, 7) is 4.35. The highest BCUT2D eigenvalue weighted by Gasteiger charge is 2.16. The Hall–Kier alpha value is -2.70. The van der Waals surface area contributed by atoms with E-state index in [1.54, 1.807) is 0 Å². The van der Waals surface area contributed by atoms with Gasteiger partial charge in [0, 0.05) is 12.6 Å². The van der Waals surface area contributed by atoms with Gasteiger partial charge in [0.1, 0.15) is 5.69 Å². The minimum atomic E-state index is -0.517. The van der Waals surface area contributed by atoms with Crippen molar-refractivity contribution in [2.45, 2.75) is 13.8 Å². The Morgan fingerprint density at radius 2 is 2.25 bits per heavy atom. The van der Waals surface area contributed by atoms with Crippen molar-refractivity contribution in [3.63, 3.8) is 0 Å². The lowest BCUT2D eigenvalue weighted by Gasteiger charge is -2.06. The van der Waals surface area contributed by atoms with Crippen molar-refractivity contribution >= 4 is 22.3 Å². The van der Waals surface area contributed by atoms with Crippen LogP contribution in [-0.4, -0.2) is 21.4 Å². The van der Waals surface area contributed by atoms with E-state index in [-0.39, 0.29) is 11.1 Å². The lowest BCUT2D eigenvalue weighted by molar-refractivity contribution is -0.383. The van der Waals surface area contributed by atoms with Crippen LogP contribution in [0.5, 0.6) is 0 Å². The Balaban J connectivity index is 2.52. The molecule has 0 aliphatic rings. The van der Waals surface area contributed by atoms with Gasteiger partial charge in [-0.15, -0.1) is 0 Å². The Kier molecular flexibility index (Phi) is 3.79. The Labute approximate surface area is 114 Å². The average molecular weight is 274 g/mol. The Bertz CT molecular complexity index is 745. The van der Waals surface area contributed by atoms with Crippen LogP contribution in [0.3, 0.4) is 0 Å². The number of allylic oxidation sites excluding steroid dienone is 1. The van der Waals surface area contributed by atoms with Crippen LogP contribution >= 0.6 is 0 Å². The molecule has 0 spiro atoms. The van der Waals surface area contributed by atoms with E-state index in [4.69, 9.17) is 0 Å². The summed E-state index contributed by atoms with van der Waals surface area (Å²) in [6, 6.07) is 2.76. The zero-order chi connectivity index (χ0) is 14.7. The van der Waals surface area contributed by atoms with E-state index in [0.717, 1.165) is 5.57 Å². The molecule has 2 N–H and O–H groups in total. The number of nitrogens with zero attached hydrogens (tertiary/aromatic N) is 2. The third kappa shape index (κ3) is 2.82. The van der Waals surface area contributed by atoms with Gasteiger partial charge < -0.3 is 10.3 Å². The van der Waals surface area contributed by atoms with Gasteiger partial charge in [-0.3, -0.25) is 14.9 Å². The van der Waals surface area contributed by atoms with Gasteiger partial charge in [0.2, 0.25) is 0 Å². The predicted molar refractivity (Wildman–Crippen MR) is 76.9 cm³/mol. The number of nitro groups is 1. The Morgan fingerprint density at radius 3 is 2.90 bits per heavy atom. The van der Waals surface area contributed by atoms with E-state index in [1.807, 2.05) is 19.9 Å². The molecule has 7 nitrogen and oxygen atoms in total. The van der Waals surface area contributed by atoms with Crippen molar-refractivity contribution in [1.82, 2.24) is 9.97 Å². The molecule has 20 heavy (non-hydrogen) atoms. The lowest BCUT2D eigenvalue weighted by atomic mass is 10.2. The third-order valence-corrected chi connectivity index (χ3v) is 2.76. The molecule has 0 saturated carbocycles. The molecule has 1 aromatic carbocycles. The summed E-state index contributed by atoms with van der Waals surface area (Å²) in [6.07, 6.45) is 3.19. The molecule has 0 atom stereocenters. The molecule has 0 radical (unpaired) electrons. The molecule has 0 saturated heterocycles. The summed E-state index contributed by atoms with van der Waals surface area (Å²) in [5.74, 6) is 0. The topological polar surface area (TPSA) is 101 Å². The molecular weight excluding hydrogens is 260 g/mol. The molecular formula is C13H14N4O3. The first-order chi connectivity index (χ1) is 9.49. The van der Waals surface area contributed by atoms with Gasteiger partial charge in [-0.1, -0.05) is 11.6 Å². The number of aromatic amines is 1. The van der Waals surface area contributed by atoms with Crippen molar-refractivity contribution in [2.24, 2.45) is 0 Å². The monoisotopic (exact) mass is 274 g/mol. The van der Waals surface area contributed by atoms with Gasteiger partial charge in [0.15, 0.2) is 0 Å². The van der Waals surface area contributed by atoms with Crippen molar-refractivity contribution in [3.05, 3.63) is 50.6 Å². The second kappa shape index (κ2) is 5.52. The van der Waals surface area contributed by atoms with Gasteiger partial charge in [-0.2, -0.15) is 0 Å². The first-order valence-corrected chi connectivity index (χ1v) is 6.02. The Morgan fingerprint density at radius 1 is 1.50 bits per heavy atom. The minimum Gasteiger partial charge on any atom is -0.376 e. The van der Waals surface area contributed by atoms with Crippen LogP contribution in [0.2, 0.25) is 0 Å². The number of fused-ring (bicyclic) bond motifs is 1. The third-order valence-electron chi connectivity index (χ3n) is 2.76. The molecule has 0 aliphatic heterocycles. The lowest BCUT2D eigenvalue weighted by Crippen LogP contribution is -2.09. The van der Waals surface area contributed by atoms with Crippen molar-refractivity contribution < 1.29 is 4.92 Å². The molecule has 104 valence electrons. The maximum absolute atomic E-state index is 11.6. The molecule has 0 aliphatic carbocycles. The van der Waals surface area contributed by atoms with Crippen molar-refractivity contribution in [1.29, 1.82) is 0 Å². The van der Waals surface area contributed by atoms with Gasteiger partial charge in [0.25, 0.3) is 11.2 Å². The van der Waals surface area contributed by atoms with Crippen molar-refractivity contribution in [3.8, 4) is 0 Å². The van der Waals surface area contributed by atoms with E-state index < -0.39 is 10.5 Å². The quantitative estimate of drug-likeness (QED) is 0.505. The first-order valence-electron chi connectivity index (χ1n) is 6.02. The number of anilines is 1. The number of hydrogen-bond donors (Lipinski definition) is 2. The van der Waals surface area contributed by atoms with E-state index >= 15 is 0 Å². The largest absolute Gasteiger partial charge is 0.376 e. The highest BCUT2D eigenvalue weighted by atomic mass is 16.6. The second-order valence-electron chi connectivity index (χ2n) is 4.54. The molecule has 2 aromatic rings. The van der Waals surface area contributed by atoms with E-state index in [9.17, 15) is 14.9 Å². The summed E-state index contributed by atoms with van der Waals surface area (Å²) in [7, 11) is 0. The van der Waals surface area contributed by atoms with Crippen molar-refractivity contribution in [2.75, 3.05) is 11.9 Å². The summed E-state index contributed by atoms with van der Waals surface area (Å²) < 4.78 is 0. The fourth-order valence-corrected chi connectivity index (χ4v) is 1.76. The molecule has 1 aromatic heterocycles. The van der Waals surface area contributed by atoms with Gasteiger partial charge in [-0.25, -0.2) is 4.98 Å². The van der Waals surface area contributed by atoms with E-state index in [0.29, 0.717) is 17.7 Å². The van der Waals surface area contributed by atoms with Crippen LogP contribution < -0.4 is 10.9 Å². The molecule has 7 heteroatoms. The average Bonchev–Trinajstić information content (AvgIpc) is 2.37. The molecule has 0 amide bonds. The highest BCUT2D eigenvalue weighted by Crippen LogP contribution is 2.27. The fraction of sp³-hybridized carbons (Fsp3) is 0.231. The highest BCUT2D eigenvalue weighted by molar-refractivity contribution is 5.86. The molecule has 0 bridgehead atoms. The number of rotatable bonds is 4. The molecule has 1 heterocycles. The van der Waals surface area contributed by atoms with Crippen LogP contribution in [0, 0.1) is 10.1 Å². The smallest absolute Gasteiger partial charge is 0.293 e. The summed E-state index contributed by atoms with van der Waals surface area (Å²) in [4.78, 5) is 28.6. The summed E-state index contributed by atoms with van der Waals surface area (Å²) >= 11 is 0. The summed E-state index contributed by atoms with van der Waals surface area (Å²) in [5.41, 5.74) is 1.33. The fourth-order valence-electron chi connectivity index (χ4n) is 1.76. The first kappa shape index (κ1) is 13.7. The zero-order valence-electron chi connectivity index (χ0n) is 11.1. The predicted octanol–water partition coefficient (Wildman–Crippen LogP) is 2.21.